The fourth-order valence-electron chi connectivity index (χ4n) is 3.75. The van der Waals surface area contributed by atoms with Crippen molar-refractivity contribution in [2.45, 2.75) is 12.3 Å². The van der Waals surface area contributed by atoms with Crippen LogP contribution < -0.4 is 0 Å². The molecule has 4 aliphatic rings. The molecule has 142 valence electrons. The summed E-state index contributed by atoms with van der Waals surface area (Å²) in [6.45, 7) is 10.4. The van der Waals surface area contributed by atoms with E-state index in [-0.39, 0.29) is 0 Å². The summed E-state index contributed by atoms with van der Waals surface area (Å²) in [6, 6.07) is 0. The van der Waals surface area contributed by atoms with Crippen molar-refractivity contribution in [3.05, 3.63) is 0 Å². The Morgan fingerprint density at radius 3 is 0.750 bits per heavy atom. The normalized spacial score (nSPS) is 30.9. The second-order valence-electron chi connectivity index (χ2n) is 6.00. The quantitative estimate of drug-likeness (QED) is 0.233. The third-order valence-corrected chi connectivity index (χ3v) is 4.46. The minimum Gasteiger partial charge on any atom is -0.303 e. The molecule has 6 N–H and O–H groups in total. The van der Waals surface area contributed by atoms with Crippen molar-refractivity contribution in [1.29, 1.82) is 0 Å². The van der Waals surface area contributed by atoms with Gasteiger partial charge in [0, 0.05) is 52.4 Å². The minimum absolute atomic E-state index is 0.736. The first-order valence-electron chi connectivity index (χ1n) is 7.46. The molecule has 4 aliphatic heterocycles. The van der Waals surface area contributed by atoms with Crippen LogP contribution in [0.1, 0.15) is 0 Å². The van der Waals surface area contributed by atoms with Crippen LogP contribution >= 0.6 is 15.6 Å². The van der Waals surface area contributed by atoms with Crippen LogP contribution in [0.25, 0.3) is 0 Å². The van der Waals surface area contributed by atoms with Crippen molar-refractivity contribution in [1.82, 2.24) is 19.6 Å². The van der Waals surface area contributed by atoms with Gasteiger partial charge in [-0.3, -0.25) is 19.6 Å². The van der Waals surface area contributed by atoms with Gasteiger partial charge < -0.3 is 29.4 Å². The molecule has 14 heteroatoms. The number of hydrogen-bond donors (Lipinski definition) is 6. The topological polar surface area (TPSA) is 168 Å². The Bertz CT molecular complexity index is 440. The first kappa shape index (κ1) is 20.4. The van der Waals surface area contributed by atoms with Gasteiger partial charge in [0.25, 0.3) is 0 Å². The van der Waals surface area contributed by atoms with Gasteiger partial charge in [0.1, 0.15) is 0 Å². The molecule has 0 amide bonds. The van der Waals surface area contributed by atoms with Crippen molar-refractivity contribution in [2.24, 2.45) is 0 Å². The molecule has 0 saturated carbocycles. The third-order valence-electron chi connectivity index (χ3n) is 4.46. The zero-order chi connectivity index (χ0) is 18.1. The molecule has 4 saturated heterocycles. The minimum atomic E-state index is -4.64. The SMILES string of the molecule is C1CN2CCN3CCN4CCN1C2C43.O=P(O)(O)O.O=P(O)(O)O. The standard InChI is InChI=1S/C10H18N4.2H3O4P/c1-2-12-7-8-14-4-3-13-6-5-11(1)9(12)10(13)14;2*1-5(2,3)4/h9-10H,1-8H2;2*(H3,1,2,3,4). The highest BCUT2D eigenvalue weighted by atomic mass is 31.2. The largest absolute Gasteiger partial charge is 0.466 e. The summed E-state index contributed by atoms with van der Waals surface area (Å²) in [5, 5.41) is 0. The number of nitrogens with zero attached hydrogens (tertiary/aromatic N) is 4. The second kappa shape index (κ2) is 7.75. The number of piperazine rings is 2. The van der Waals surface area contributed by atoms with E-state index in [0.717, 1.165) is 12.3 Å². The highest BCUT2D eigenvalue weighted by molar-refractivity contribution is 7.45. The van der Waals surface area contributed by atoms with Crippen LogP contribution in [-0.4, -0.2) is 114 Å². The van der Waals surface area contributed by atoms with Gasteiger partial charge in [-0.25, -0.2) is 9.13 Å². The Balaban J connectivity index is 0.000000177. The summed E-state index contributed by atoms with van der Waals surface area (Å²) in [4.78, 5) is 53.9. The van der Waals surface area contributed by atoms with Crippen LogP contribution in [-0.2, 0) is 9.13 Å². The molecule has 0 bridgehead atoms. The van der Waals surface area contributed by atoms with Crippen LogP contribution in [0, 0.1) is 0 Å². The molecule has 24 heavy (non-hydrogen) atoms. The third kappa shape index (κ3) is 6.10. The van der Waals surface area contributed by atoms with Gasteiger partial charge in [-0.05, 0) is 0 Å². The predicted molar refractivity (Wildman–Crippen MR) is 82.4 cm³/mol. The van der Waals surface area contributed by atoms with Gasteiger partial charge in [-0.15, -0.1) is 0 Å². The smallest absolute Gasteiger partial charge is 0.303 e. The monoisotopic (exact) mass is 390 g/mol. The lowest BCUT2D eigenvalue weighted by atomic mass is 10.2. The summed E-state index contributed by atoms with van der Waals surface area (Å²) in [7, 11) is -9.28. The molecule has 4 rings (SSSR count). The van der Waals surface area contributed by atoms with Crippen molar-refractivity contribution in [3.8, 4) is 0 Å². The van der Waals surface area contributed by atoms with E-state index < -0.39 is 15.6 Å². The van der Waals surface area contributed by atoms with Crippen molar-refractivity contribution >= 4 is 15.6 Å². The zero-order valence-corrected chi connectivity index (χ0v) is 14.8. The van der Waals surface area contributed by atoms with Crippen LogP contribution in [0.4, 0.5) is 0 Å². The predicted octanol–water partition coefficient (Wildman–Crippen LogP) is -2.96. The molecule has 0 atom stereocenters. The van der Waals surface area contributed by atoms with Crippen molar-refractivity contribution in [2.75, 3.05) is 52.4 Å². The Kier molecular flexibility index (Phi) is 6.58. The number of hydrogen-bond acceptors (Lipinski definition) is 6. The molecule has 0 unspecified atom stereocenters. The average molecular weight is 390 g/mol. The molecule has 12 nitrogen and oxygen atoms in total. The summed E-state index contributed by atoms with van der Waals surface area (Å²) in [6.07, 6.45) is 1.47. The fraction of sp³-hybridized carbons (Fsp3) is 1.00. The van der Waals surface area contributed by atoms with E-state index in [2.05, 4.69) is 19.6 Å². The van der Waals surface area contributed by atoms with Crippen molar-refractivity contribution < 1.29 is 38.5 Å². The van der Waals surface area contributed by atoms with Gasteiger partial charge >= 0.3 is 15.6 Å². The molecule has 4 fully saturated rings. The van der Waals surface area contributed by atoms with E-state index in [1.54, 1.807) is 0 Å². The summed E-state index contributed by atoms with van der Waals surface area (Å²) in [5.41, 5.74) is 0. The molecule has 0 aromatic rings. The van der Waals surface area contributed by atoms with E-state index >= 15 is 0 Å². The van der Waals surface area contributed by atoms with Crippen LogP contribution in [0.3, 0.4) is 0 Å². The van der Waals surface area contributed by atoms with Crippen LogP contribution in [0.15, 0.2) is 0 Å². The van der Waals surface area contributed by atoms with Gasteiger partial charge in [-0.2, -0.15) is 0 Å². The Hall–Kier alpha value is 0.0600. The molecular weight excluding hydrogens is 366 g/mol. The highest BCUT2D eigenvalue weighted by Gasteiger charge is 2.50. The Morgan fingerprint density at radius 2 is 0.625 bits per heavy atom. The molecule has 0 aromatic heterocycles. The lowest BCUT2D eigenvalue weighted by Crippen LogP contribution is -2.66. The summed E-state index contributed by atoms with van der Waals surface area (Å²) >= 11 is 0. The highest BCUT2D eigenvalue weighted by Crippen LogP contribution is 2.33. The summed E-state index contributed by atoms with van der Waals surface area (Å²) in [5.74, 6) is 0. The molecule has 0 radical (unpaired) electrons. The van der Waals surface area contributed by atoms with Gasteiger partial charge in [0.2, 0.25) is 0 Å². The van der Waals surface area contributed by atoms with Gasteiger partial charge in [0.05, 0.1) is 12.3 Å². The van der Waals surface area contributed by atoms with Crippen LogP contribution in [0.2, 0.25) is 0 Å². The van der Waals surface area contributed by atoms with E-state index in [1.807, 2.05) is 0 Å². The molecule has 0 spiro atoms. The van der Waals surface area contributed by atoms with E-state index in [1.165, 1.54) is 52.4 Å². The first-order valence-corrected chi connectivity index (χ1v) is 10.6. The van der Waals surface area contributed by atoms with Gasteiger partial charge in [0.15, 0.2) is 0 Å². The maximum atomic E-state index is 8.88. The molecular formula is C10H24N4O8P2. The molecule has 0 aromatic carbocycles. The number of rotatable bonds is 0. The van der Waals surface area contributed by atoms with E-state index in [9.17, 15) is 0 Å². The zero-order valence-electron chi connectivity index (χ0n) is 13.0. The Morgan fingerprint density at radius 1 is 0.500 bits per heavy atom. The summed E-state index contributed by atoms with van der Waals surface area (Å²) < 4.78 is 17.8. The molecule has 0 aliphatic carbocycles. The Labute approximate surface area is 139 Å². The second-order valence-corrected chi connectivity index (χ2v) is 8.05. The van der Waals surface area contributed by atoms with Gasteiger partial charge in [-0.1, -0.05) is 0 Å². The lowest BCUT2D eigenvalue weighted by molar-refractivity contribution is -0.0745. The number of phosphoric acid groups is 2. The average Bonchev–Trinajstić information content (AvgIpc) is 2.95. The first-order chi connectivity index (χ1) is 10.9. The maximum absolute atomic E-state index is 8.88. The van der Waals surface area contributed by atoms with Crippen LogP contribution in [0.5, 0.6) is 0 Å². The molecule has 4 heterocycles. The lowest BCUT2D eigenvalue weighted by Gasteiger charge is -2.49. The fourth-order valence-corrected chi connectivity index (χ4v) is 3.75. The maximum Gasteiger partial charge on any atom is 0.466 e. The van der Waals surface area contributed by atoms with E-state index in [4.69, 9.17) is 38.5 Å². The van der Waals surface area contributed by atoms with Crippen molar-refractivity contribution in [3.63, 3.8) is 0 Å². The van der Waals surface area contributed by atoms with E-state index in [0.29, 0.717) is 0 Å².